The lowest BCUT2D eigenvalue weighted by atomic mass is 10.0. The van der Waals surface area contributed by atoms with Gasteiger partial charge >= 0.3 is 6.03 Å². The lowest BCUT2D eigenvalue weighted by molar-refractivity contribution is -0.122. The predicted molar refractivity (Wildman–Crippen MR) is 121 cm³/mol. The van der Waals surface area contributed by atoms with E-state index in [1.54, 1.807) is 36.4 Å². The number of amides is 4. The molecule has 34 heavy (non-hydrogen) atoms. The third-order valence-corrected chi connectivity index (χ3v) is 4.90. The van der Waals surface area contributed by atoms with Crippen LogP contribution < -0.4 is 36.1 Å². The lowest BCUT2D eigenvalue weighted by Gasteiger charge is -2.19. The second-order valence-corrected chi connectivity index (χ2v) is 7.32. The molecule has 0 aliphatic carbocycles. The summed E-state index contributed by atoms with van der Waals surface area (Å²) in [6.45, 7) is 0.0863. The maximum atomic E-state index is 12.5. The van der Waals surface area contributed by atoms with Gasteiger partial charge in [-0.1, -0.05) is 30.3 Å². The predicted octanol–water partition coefficient (Wildman–Crippen LogP) is 2.77. The first-order valence-corrected chi connectivity index (χ1v) is 10.4. The highest BCUT2D eigenvalue weighted by atomic mass is 16.7. The molecule has 0 saturated heterocycles. The van der Waals surface area contributed by atoms with Gasteiger partial charge in [0.05, 0.1) is 12.5 Å². The maximum Gasteiger partial charge on any atom is 0.312 e. The summed E-state index contributed by atoms with van der Waals surface area (Å²) in [7, 11) is 0. The first kappa shape index (κ1) is 22.5. The molecule has 1 aliphatic heterocycles. The van der Waals surface area contributed by atoms with E-state index in [-0.39, 0.29) is 18.8 Å². The number of hydrogen-bond acceptors (Lipinski definition) is 6. The molecule has 1 atom stereocenters. The molecule has 174 valence electrons. The molecule has 0 radical (unpaired) electrons. The van der Waals surface area contributed by atoms with E-state index in [9.17, 15) is 14.4 Å². The van der Waals surface area contributed by atoms with Gasteiger partial charge in [-0.15, -0.1) is 0 Å². The highest BCUT2D eigenvalue weighted by Crippen LogP contribution is 2.32. The fourth-order valence-corrected chi connectivity index (χ4v) is 3.32. The summed E-state index contributed by atoms with van der Waals surface area (Å²) in [5.41, 5.74) is 10.9. The Labute approximate surface area is 195 Å². The van der Waals surface area contributed by atoms with Gasteiger partial charge in [0.25, 0.3) is 5.91 Å². The molecule has 10 heteroatoms. The van der Waals surface area contributed by atoms with Crippen molar-refractivity contribution in [1.29, 1.82) is 0 Å². The van der Waals surface area contributed by atoms with Crippen molar-refractivity contribution in [2.75, 3.05) is 6.79 Å². The van der Waals surface area contributed by atoms with Crippen LogP contribution in [0.3, 0.4) is 0 Å². The van der Waals surface area contributed by atoms with Crippen LogP contribution in [-0.2, 0) is 4.79 Å². The molecule has 4 rings (SSSR count). The van der Waals surface area contributed by atoms with Crippen molar-refractivity contribution >= 4 is 17.8 Å². The van der Waals surface area contributed by atoms with Crippen molar-refractivity contribution in [2.45, 2.75) is 12.5 Å². The molecule has 3 aromatic rings. The number of benzene rings is 3. The number of hydrogen-bond donors (Lipinski definition) is 4. The number of rotatable bonds is 7. The third-order valence-electron chi connectivity index (χ3n) is 4.90. The second kappa shape index (κ2) is 10.3. The summed E-state index contributed by atoms with van der Waals surface area (Å²) in [6.07, 6.45) is -0.181. The molecule has 0 fully saturated rings. The summed E-state index contributed by atoms with van der Waals surface area (Å²) >= 11 is 0. The van der Waals surface area contributed by atoms with Crippen LogP contribution in [0.1, 0.15) is 28.4 Å². The monoisotopic (exact) mass is 462 g/mol. The normalized spacial score (nSPS) is 12.4. The van der Waals surface area contributed by atoms with Crippen LogP contribution in [0.25, 0.3) is 0 Å². The van der Waals surface area contributed by atoms with E-state index in [0.29, 0.717) is 28.6 Å². The smallest absolute Gasteiger partial charge is 0.312 e. The van der Waals surface area contributed by atoms with E-state index >= 15 is 0 Å². The Hall–Kier alpha value is -4.73. The number of primary amides is 1. The number of para-hydroxylation sites is 1. The van der Waals surface area contributed by atoms with Crippen LogP contribution in [0, 0.1) is 0 Å². The molecule has 3 aromatic carbocycles. The van der Waals surface area contributed by atoms with Gasteiger partial charge in [0.1, 0.15) is 11.5 Å². The van der Waals surface area contributed by atoms with Gasteiger partial charge in [0.15, 0.2) is 11.5 Å². The van der Waals surface area contributed by atoms with Crippen molar-refractivity contribution in [2.24, 2.45) is 5.73 Å². The molecule has 1 unspecified atom stereocenters. The lowest BCUT2D eigenvalue weighted by Crippen LogP contribution is -2.44. The van der Waals surface area contributed by atoms with Crippen molar-refractivity contribution in [3.8, 4) is 23.0 Å². The highest BCUT2D eigenvalue weighted by molar-refractivity contribution is 5.96. The summed E-state index contributed by atoms with van der Waals surface area (Å²) < 4.78 is 16.3. The summed E-state index contributed by atoms with van der Waals surface area (Å²) in [4.78, 5) is 36.4. The molecular formula is C24H22N4O6. The van der Waals surface area contributed by atoms with Gasteiger partial charge in [0.2, 0.25) is 12.7 Å². The zero-order valence-electron chi connectivity index (χ0n) is 17.9. The minimum absolute atomic E-state index is 0.0863. The molecule has 0 saturated carbocycles. The average molecular weight is 462 g/mol. The topological polar surface area (TPSA) is 141 Å². The molecule has 0 bridgehead atoms. The summed E-state index contributed by atoms with van der Waals surface area (Å²) in [5.74, 6) is 1.08. The Morgan fingerprint density at radius 3 is 2.44 bits per heavy atom. The van der Waals surface area contributed by atoms with Gasteiger partial charge in [-0.2, -0.15) is 0 Å². The summed E-state index contributed by atoms with van der Waals surface area (Å²) in [6, 6.07) is 19.2. The fraction of sp³-hybridized carbons (Fsp3) is 0.125. The molecule has 1 aliphatic rings. The van der Waals surface area contributed by atoms with E-state index in [1.807, 2.05) is 30.3 Å². The van der Waals surface area contributed by atoms with Gasteiger partial charge in [-0.05, 0) is 48.0 Å². The Morgan fingerprint density at radius 2 is 1.65 bits per heavy atom. The molecule has 0 aromatic heterocycles. The van der Waals surface area contributed by atoms with Crippen LogP contribution >= 0.6 is 0 Å². The molecular weight excluding hydrogens is 440 g/mol. The average Bonchev–Trinajstić information content (AvgIpc) is 3.31. The number of nitrogens with one attached hydrogen (secondary N) is 3. The van der Waals surface area contributed by atoms with Crippen LogP contribution in [-0.4, -0.2) is 24.6 Å². The van der Waals surface area contributed by atoms with Gasteiger partial charge < -0.3 is 25.3 Å². The van der Waals surface area contributed by atoms with Crippen LogP contribution in [0.15, 0.2) is 72.8 Å². The van der Waals surface area contributed by atoms with E-state index in [1.165, 1.54) is 6.07 Å². The van der Waals surface area contributed by atoms with Gasteiger partial charge in [0, 0.05) is 5.56 Å². The van der Waals surface area contributed by atoms with Crippen LogP contribution in [0.2, 0.25) is 0 Å². The number of urea groups is 1. The number of carbonyl (C=O) groups excluding carboxylic acids is 3. The zero-order chi connectivity index (χ0) is 23.9. The molecule has 0 spiro atoms. The molecule has 1 heterocycles. The van der Waals surface area contributed by atoms with Gasteiger partial charge in [-0.25, -0.2) is 4.79 Å². The van der Waals surface area contributed by atoms with E-state index in [0.717, 1.165) is 0 Å². The minimum Gasteiger partial charge on any atom is -0.457 e. The van der Waals surface area contributed by atoms with Crippen molar-refractivity contribution in [3.05, 3.63) is 83.9 Å². The Kier molecular flexibility index (Phi) is 6.78. The largest absolute Gasteiger partial charge is 0.457 e. The SMILES string of the molecule is NC(=O)NC(CC(=O)NNC(=O)c1ccc2c(c1)OCO2)c1cccc(Oc2ccccc2)c1. The molecule has 4 amide bonds. The first-order valence-electron chi connectivity index (χ1n) is 10.4. The van der Waals surface area contributed by atoms with Crippen molar-refractivity contribution < 1.29 is 28.6 Å². The Bertz CT molecular complexity index is 1200. The van der Waals surface area contributed by atoms with Gasteiger partial charge in [-0.3, -0.25) is 20.4 Å². The van der Waals surface area contributed by atoms with Crippen LogP contribution in [0.5, 0.6) is 23.0 Å². The van der Waals surface area contributed by atoms with Crippen molar-refractivity contribution in [1.82, 2.24) is 16.2 Å². The van der Waals surface area contributed by atoms with E-state index in [2.05, 4.69) is 16.2 Å². The fourth-order valence-electron chi connectivity index (χ4n) is 3.32. The number of carbonyl (C=O) groups is 3. The summed E-state index contributed by atoms with van der Waals surface area (Å²) in [5, 5.41) is 2.55. The van der Waals surface area contributed by atoms with Crippen molar-refractivity contribution in [3.63, 3.8) is 0 Å². The maximum absolute atomic E-state index is 12.5. The number of nitrogens with two attached hydrogens (primary N) is 1. The van der Waals surface area contributed by atoms with Crippen LogP contribution in [0.4, 0.5) is 4.79 Å². The first-order chi connectivity index (χ1) is 16.5. The third kappa shape index (κ3) is 5.74. The zero-order valence-corrected chi connectivity index (χ0v) is 17.9. The standard InChI is InChI=1S/C24H22N4O6/c25-24(31)26-19(15-5-4-8-18(11-15)34-17-6-2-1-3-7-17)13-22(29)27-28-23(30)16-9-10-20-21(12-16)33-14-32-20/h1-12,19H,13-14H2,(H,27,29)(H,28,30)(H3,25,26,31). The van der Waals surface area contributed by atoms with E-state index in [4.69, 9.17) is 19.9 Å². The Balaban J connectivity index is 1.39. The highest BCUT2D eigenvalue weighted by Gasteiger charge is 2.20. The quantitative estimate of drug-likeness (QED) is 0.398. The Morgan fingerprint density at radius 1 is 0.882 bits per heavy atom. The number of ether oxygens (including phenoxy) is 3. The second-order valence-electron chi connectivity index (χ2n) is 7.32. The molecule has 10 nitrogen and oxygen atoms in total. The molecule has 5 N–H and O–H groups in total. The number of fused-ring (bicyclic) bond motifs is 1. The van der Waals surface area contributed by atoms with E-state index < -0.39 is 23.9 Å². The number of hydrazine groups is 1. The minimum atomic E-state index is -0.795.